The molecule has 32 heavy (non-hydrogen) atoms. The van der Waals surface area contributed by atoms with Crippen LogP contribution in [-0.4, -0.2) is 43.0 Å². The summed E-state index contributed by atoms with van der Waals surface area (Å²) in [5.41, 5.74) is 2.61. The summed E-state index contributed by atoms with van der Waals surface area (Å²) < 4.78 is 5.39. The maximum Gasteiger partial charge on any atom is 0.249 e. The first-order chi connectivity index (χ1) is 15.7. The van der Waals surface area contributed by atoms with Gasteiger partial charge in [-0.05, 0) is 24.0 Å². The van der Waals surface area contributed by atoms with Gasteiger partial charge >= 0.3 is 0 Å². The van der Waals surface area contributed by atoms with E-state index in [4.69, 9.17) is 4.74 Å². The maximum absolute atomic E-state index is 14.3. The largest absolute Gasteiger partial charge is 0.383 e. The van der Waals surface area contributed by atoms with Crippen molar-refractivity contribution < 1.29 is 14.3 Å². The minimum Gasteiger partial charge on any atom is -0.383 e. The van der Waals surface area contributed by atoms with Crippen LogP contribution in [0.15, 0.2) is 78.9 Å². The second kappa shape index (κ2) is 8.24. The monoisotopic (exact) mass is 426 g/mol. The van der Waals surface area contributed by atoms with Gasteiger partial charge in [0.15, 0.2) is 5.41 Å². The minimum absolute atomic E-state index is 0.0257. The molecule has 0 unspecified atom stereocenters. The van der Waals surface area contributed by atoms with Gasteiger partial charge in [0.25, 0.3) is 0 Å². The highest BCUT2D eigenvalue weighted by Crippen LogP contribution is 2.48. The Morgan fingerprint density at radius 1 is 1.03 bits per heavy atom. The first-order valence-corrected chi connectivity index (χ1v) is 11.0. The second-order valence-corrected chi connectivity index (χ2v) is 8.41. The number of likely N-dealkylation sites (tertiary alicyclic amines) is 1. The third-order valence-corrected chi connectivity index (χ3v) is 6.66. The molecule has 2 aliphatic rings. The maximum atomic E-state index is 14.3. The zero-order chi connectivity index (χ0) is 22.1. The molecule has 0 aromatic heterocycles. The molecular formula is C27H26N2O3. The van der Waals surface area contributed by atoms with Crippen molar-refractivity contribution in [2.45, 2.75) is 24.3 Å². The van der Waals surface area contributed by atoms with Gasteiger partial charge in [-0.25, -0.2) is 0 Å². The molecule has 0 radical (unpaired) electrons. The molecule has 1 fully saturated rings. The van der Waals surface area contributed by atoms with E-state index >= 15 is 0 Å². The van der Waals surface area contributed by atoms with Crippen LogP contribution in [0.4, 0.5) is 5.69 Å². The van der Waals surface area contributed by atoms with Crippen LogP contribution >= 0.6 is 0 Å². The number of ether oxygens (including phenoxy) is 1. The number of fused-ring (bicyclic) bond motifs is 1. The Morgan fingerprint density at radius 2 is 1.75 bits per heavy atom. The standard InChI is InChI=1S/C27H26N2O3/c1-32-18-21-14-9-17-29(21)26(31)27(20-12-6-3-7-13-20)23-16-8-15-22(24(23)28-25(27)30)19-10-4-2-5-11-19/h2-8,10-13,15-16,21H,9,14,17-18H2,1H3,(H,28,30)/t21-,27-/m0/s1. The van der Waals surface area contributed by atoms with Crippen LogP contribution in [-0.2, 0) is 19.7 Å². The SMILES string of the molecule is COC[C@@H]1CCCN1C(=O)[C@]1(c2ccccc2)C(=O)Nc2c(-c3ccccc3)cccc21. The van der Waals surface area contributed by atoms with Crippen molar-refractivity contribution in [3.63, 3.8) is 0 Å². The van der Waals surface area contributed by atoms with Gasteiger partial charge in [-0.3, -0.25) is 9.59 Å². The smallest absolute Gasteiger partial charge is 0.249 e. The Morgan fingerprint density at radius 3 is 2.47 bits per heavy atom. The van der Waals surface area contributed by atoms with Crippen LogP contribution in [0.3, 0.4) is 0 Å². The topological polar surface area (TPSA) is 58.6 Å². The van der Waals surface area contributed by atoms with Crippen LogP contribution in [0.2, 0.25) is 0 Å². The fraction of sp³-hybridized carbons (Fsp3) is 0.259. The fourth-order valence-corrected chi connectivity index (χ4v) is 5.18. The number of nitrogens with one attached hydrogen (secondary N) is 1. The van der Waals surface area contributed by atoms with Gasteiger partial charge in [0.1, 0.15) is 0 Å². The average molecular weight is 427 g/mol. The third kappa shape index (κ3) is 3.04. The highest BCUT2D eigenvalue weighted by atomic mass is 16.5. The molecule has 2 heterocycles. The van der Waals surface area contributed by atoms with E-state index in [2.05, 4.69) is 5.32 Å². The van der Waals surface area contributed by atoms with Crippen molar-refractivity contribution in [2.75, 3.05) is 25.6 Å². The van der Waals surface area contributed by atoms with Crippen LogP contribution in [0, 0.1) is 0 Å². The Labute approximate surface area is 188 Å². The van der Waals surface area contributed by atoms with Gasteiger partial charge < -0.3 is 15.0 Å². The average Bonchev–Trinajstić information content (AvgIpc) is 3.42. The van der Waals surface area contributed by atoms with Crippen molar-refractivity contribution in [2.24, 2.45) is 0 Å². The molecule has 2 aliphatic heterocycles. The molecular weight excluding hydrogens is 400 g/mol. The number of methoxy groups -OCH3 is 1. The minimum atomic E-state index is -1.42. The summed E-state index contributed by atoms with van der Waals surface area (Å²) >= 11 is 0. The molecule has 2 amide bonds. The number of hydrogen-bond acceptors (Lipinski definition) is 3. The van der Waals surface area contributed by atoms with E-state index in [0.29, 0.717) is 30.0 Å². The molecule has 2 atom stereocenters. The molecule has 5 rings (SSSR count). The summed E-state index contributed by atoms with van der Waals surface area (Å²) in [6.45, 7) is 1.09. The van der Waals surface area contributed by atoms with Crippen molar-refractivity contribution in [3.05, 3.63) is 90.0 Å². The van der Waals surface area contributed by atoms with Gasteiger partial charge in [0.05, 0.1) is 18.3 Å². The molecule has 0 spiro atoms. The lowest BCUT2D eigenvalue weighted by atomic mass is 9.73. The molecule has 1 N–H and O–H groups in total. The molecule has 0 saturated carbocycles. The zero-order valence-corrected chi connectivity index (χ0v) is 18.1. The van der Waals surface area contributed by atoms with Crippen molar-refractivity contribution >= 4 is 17.5 Å². The number of carbonyl (C=O) groups is 2. The number of anilines is 1. The van der Waals surface area contributed by atoms with Crippen molar-refractivity contribution in [1.82, 2.24) is 4.90 Å². The summed E-state index contributed by atoms with van der Waals surface area (Å²) in [6.07, 6.45) is 1.78. The van der Waals surface area contributed by atoms with Gasteiger partial charge in [-0.1, -0.05) is 78.9 Å². The lowest BCUT2D eigenvalue weighted by molar-refractivity contribution is -0.141. The number of para-hydroxylation sites is 1. The number of carbonyl (C=O) groups excluding carboxylic acids is 2. The van der Waals surface area contributed by atoms with Crippen molar-refractivity contribution in [1.29, 1.82) is 0 Å². The predicted molar refractivity (Wildman–Crippen MR) is 124 cm³/mol. The Hall–Kier alpha value is -3.44. The summed E-state index contributed by atoms with van der Waals surface area (Å²) in [5, 5.41) is 3.09. The van der Waals surface area contributed by atoms with E-state index in [-0.39, 0.29) is 17.9 Å². The van der Waals surface area contributed by atoms with E-state index in [1.165, 1.54) is 0 Å². The summed E-state index contributed by atoms with van der Waals surface area (Å²) in [7, 11) is 1.65. The van der Waals surface area contributed by atoms with Crippen LogP contribution in [0.5, 0.6) is 0 Å². The number of nitrogens with zero attached hydrogens (tertiary/aromatic N) is 1. The predicted octanol–water partition coefficient (Wildman–Crippen LogP) is 4.23. The summed E-state index contributed by atoms with van der Waals surface area (Å²) in [5.74, 6) is -0.472. The number of benzene rings is 3. The number of amides is 2. The van der Waals surface area contributed by atoms with Crippen LogP contribution in [0.25, 0.3) is 11.1 Å². The highest BCUT2D eigenvalue weighted by Gasteiger charge is 2.57. The molecule has 162 valence electrons. The molecule has 3 aromatic rings. The molecule has 0 bridgehead atoms. The Kier molecular flexibility index (Phi) is 5.27. The van der Waals surface area contributed by atoms with Gasteiger partial charge in [0.2, 0.25) is 11.8 Å². The van der Waals surface area contributed by atoms with Crippen LogP contribution < -0.4 is 5.32 Å². The molecule has 0 aliphatic carbocycles. The fourth-order valence-electron chi connectivity index (χ4n) is 5.18. The first-order valence-electron chi connectivity index (χ1n) is 11.0. The van der Waals surface area contributed by atoms with E-state index in [1.807, 2.05) is 83.8 Å². The van der Waals surface area contributed by atoms with E-state index in [0.717, 1.165) is 24.0 Å². The summed E-state index contributed by atoms with van der Waals surface area (Å²) in [6, 6.07) is 25.2. The number of rotatable bonds is 5. The third-order valence-electron chi connectivity index (χ3n) is 6.66. The highest BCUT2D eigenvalue weighted by molar-refractivity contribution is 6.24. The lowest BCUT2D eigenvalue weighted by Crippen LogP contribution is -2.53. The Balaban J connectivity index is 1.72. The quantitative estimate of drug-likeness (QED) is 0.621. The van der Waals surface area contributed by atoms with E-state index in [1.54, 1.807) is 7.11 Å². The van der Waals surface area contributed by atoms with Gasteiger partial charge in [0, 0.05) is 24.8 Å². The summed E-state index contributed by atoms with van der Waals surface area (Å²) in [4.78, 5) is 29.9. The van der Waals surface area contributed by atoms with Gasteiger partial charge in [-0.2, -0.15) is 0 Å². The zero-order valence-electron chi connectivity index (χ0n) is 18.1. The first kappa shape index (κ1) is 20.5. The molecule has 5 nitrogen and oxygen atoms in total. The lowest BCUT2D eigenvalue weighted by Gasteiger charge is -2.34. The van der Waals surface area contributed by atoms with Gasteiger partial charge in [-0.15, -0.1) is 0 Å². The normalized spacial score (nSPS) is 22.0. The molecule has 1 saturated heterocycles. The van der Waals surface area contributed by atoms with E-state index in [9.17, 15) is 9.59 Å². The molecule has 3 aromatic carbocycles. The van der Waals surface area contributed by atoms with Crippen molar-refractivity contribution in [3.8, 4) is 11.1 Å². The number of hydrogen-bond donors (Lipinski definition) is 1. The second-order valence-electron chi connectivity index (χ2n) is 8.41. The van der Waals surface area contributed by atoms with Crippen LogP contribution in [0.1, 0.15) is 24.0 Å². The van der Waals surface area contributed by atoms with E-state index < -0.39 is 5.41 Å². The molecule has 5 heteroatoms. The Bertz CT molecular complexity index is 1150.